The fraction of sp³-hybridized carbons (Fsp3) is 0.611. The molecule has 3 aliphatic carbocycles. The minimum absolute atomic E-state index is 0.0681. The van der Waals surface area contributed by atoms with Gasteiger partial charge in [-0.05, 0) is 54.9 Å². The van der Waals surface area contributed by atoms with Crippen LogP contribution >= 0.6 is 0 Å². The Morgan fingerprint density at radius 1 is 1.18 bits per heavy atom. The molecule has 4 rings (SSSR count). The Hall–Kier alpha value is -1.55. The summed E-state index contributed by atoms with van der Waals surface area (Å²) in [4.78, 5) is 12.3. The maximum atomic E-state index is 12.3. The average Bonchev–Trinajstić information content (AvgIpc) is 2.93. The zero-order chi connectivity index (χ0) is 15.1. The summed E-state index contributed by atoms with van der Waals surface area (Å²) < 4.78 is 0. The van der Waals surface area contributed by atoms with Crippen molar-refractivity contribution in [1.29, 1.82) is 0 Å². The van der Waals surface area contributed by atoms with Gasteiger partial charge < -0.3 is 15.7 Å². The first-order chi connectivity index (χ1) is 10.8. The van der Waals surface area contributed by atoms with Crippen molar-refractivity contribution in [1.82, 2.24) is 10.6 Å². The molecule has 0 heterocycles. The summed E-state index contributed by atoms with van der Waals surface area (Å²) in [5.41, 5.74) is 1.04. The molecule has 3 aliphatic rings. The molecule has 4 unspecified atom stereocenters. The quantitative estimate of drug-likeness (QED) is 0.782. The fourth-order valence-electron chi connectivity index (χ4n) is 5.01. The van der Waals surface area contributed by atoms with Crippen molar-refractivity contribution in [3.8, 4) is 0 Å². The van der Waals surface area contributed by atoms with E-state index in [1.165, 1.54) is 19.3 Å². The first-order valence-electron chi connectivity index (χ1n) is 8.50. The molecule has 22 heavy (non-hydrogen) atoms. The molecule has 0 aromatic heterocycles. The number of urea groups is 1. The molecular formula is C18H24N2O2. The number of amides is 2. The zero-order valence-electron chi connectivity index (χ0n) is 12.7. The summed E-state index contributed by atoms with van der Waals surface area (Å²) in [6, 6.07) is 10.1. The summed E-state index contributed by atoms with van der Waals surface area (Å²) in [6.07, 6.45) is 4.66. The molecule has 0 spiro atoms. The van der Waals surface area contributed by atoms with Crippen molar-refractivity contribution in [2.75, 3.05) is 6.61 Å². The number of carbonyl (C=O) groups excluding carboxylic acids is 1. The average molecular weight is 300 g/mol. The van der Waals surface area contributed by atoms with Gasteiger partial charge in [0, 0.05) is 12.6 Å². The predicted octanol–water partition coefficient (Wildman–Crippen LogP) is 2.45. The van der Waals surface area contributed by atoms with Crippen LogP contribution in [0.4, 0.5) is 4.79 Å². The van der Waals surface area contributed by atoms with Gasteiger partial charge in [0.25, 0.3) is 0 Å². The van der Waals surface area contributed by atoms with Crippen LogP contribution in [0.25, 0.3) is 0 Å². The molecule has 2 amide bonds. The lowest BCUT2D eigenvalue weighted by Crippen LogP contribution is -2.41. The fourth-order valence-corrected chi connectivity index (χ4v) is 5.01. The molecule has 2 bridgehead atoms. The highest BCUT2D eigenvalue weighted by Crippen LogP contribution is 2.65. The Morgan fingerprint density at radius 3 is 2.50 bits per heavy atom. The van der Waals surface area contributed by atoms with Crippen LogP contribution in [0.1, 0.15) is 37.3 Å². The molecule has 3 N–H and O–H groups in total. The van der Waals surface area contributed by atoms with Crippen LogP contribution in [0, 0.1) is 23.7 Å². The standard InChI is InChI=1S/C18H24N2O2/c21-9-8-14(11-4-2-1-3-5-11)19-18(22)20-17-15-12-6-7-13(10-12)16(15)17/h1-5,12-17,21H,6-10H2,(H2,19,20,22)/t12?,13?,14-,15?,16?,17?/m1/s1. The van der Waals surface area contributed by atoms with Gasteiger partial charge in [-0.15, -0.1) is 0 Å². The van der Waals surface area contributed by atoms with Gasteiger partial charge >= 0.3 is 6.03 Å². The third-order valence-electron chi connectivity index (χ3n) is 5.96. The van der Waals surface area contributed by atoms with E-state index in [1.54, 1.807) is 0 Å². The van der Waals surface area contributed by atoms with E-state index in [1.807, 2.05) is 30.3 Å². The van der Waals surface area contributed by atoms with Gasteiger partial charge in [0.2, 0.25) is 0 Å². The van der Waals surface area contributed by atoms with Crippen LogP contribution in [0.5, 0.6) is 0 Å². The smallest absolute Gasteiger partial charge is 0.315 e. The van der Waals surface area contributed by atoms with Gasteiger partial charge in [0.05, 0.1) is 6.04 Å². The molecule has 4 heteroatoms. The number of fused-ring (bicyclic) bond motifs is 5. The Morgan fingerprint density at radius 2 is 1.86 bits per heavy atom. The summed E-state index contributed by atoms with van der Waals surface area (Å²) in [5.74, 6) is 3.22. The Kier molecular flexibility index (Phi) is 3.57. The molecular weight excluding hydrogens is 276 g/mol. The van der Waals surface area contributed by atoms with Gasteiger partial charge in [0.15, 0.2) is 0 Å². The topological polar surface area (TPSA) is 61.4 Å². The van der Waals surface area contributed by atoms with Crippen molar-refractivity contribution in [3.05, 3.63) is 35.9 Å². The van der Waals surface area contributed by atoms with Crippen LogP contribution in [0.2, 0.25) is 0 Å². The first-order valence-corrected chi connectivity index (χ1v) is 8.50. The van der Waals surface area contributed by atoms with E-state index in [-0.39, 0.29) is 18.7 Å². The van der Waals surface area contributed by atoms with E-state index in [0.717, 1.165) is 29.2 Å². The van der Waals surface area contributed by atoms with E-state index in [4.69, 9.17) is 0 Å². The van der Waals surface area contributed by atoms with Crippen LogP contribution in [-0.2, 0) is 0 Å². The minimum Gasteiger partial charge on any atom is -0.396 e. The first kappa shape index (κ1) is 14.1. The van der Waals surface area contributed by atoms with Crippen molar-refractivity contribution >= 4 is 6.03 Å². The minimum atomic E-state index is -0.124. The van der Waals surface area contributed by atoms with Crippen LogP contribution in [0.3, 0.4) is 0 Å². The third kappa shape index (κ3) is 2.39. The Bertz CT molecular complexity index is 531. The highest BCUT2D eigenvalue weighted by atomic mass is 16.3. The van der Waals surface area contributed by atoms with E-state index in [2.05, 4.69) is 10.6 Å². The summed E-state index contributed by atoms with van der Waals surface area (Å²) in [5, 5.41) is 15.5. The molecule has 0 saturated heterocycles. The number of hydrogen-bond acceptors (Lipinski definition) is 2. The molecule has 1 aromatic rings. The van der Waals surface area contributed by atoms with Crippen LogP contribution in [0.15, 0.2) is 30.3 Å². The second-order valence-corrected chi connectivity index (χ2v) is 7.11. The predicted molar refractivity (Wildman–Crippen MR) is 84.2 cm³/mol. The number of nitrogens with one attached hydrogen (secondary N) is 2. The number of rotatable bonds is 5. The second kappa shape index (κ2) is 5.58. The highest BCUT2D eigenvalue weighted by Gasteiger charge is 2.65. The van der Waals surface area contributed by atoms with Crippen molar-refractivity contribution < 1.29 is 9.90 Å². The molecule has 3 fully saturated rings. The van der Waals surface area contributed by atoms with Gasteiger partial charge in [0.1, 0.15) is 0 Å². The zero-order valence-corrected chi connectivity index (χ0v) is 12.7. The van der Waals surface area contributed by atoms with Gasteiger partial charge in [-0.1, -0.05) is 30.3 Å². The summed E-state index contributed by atoms with van der Waals surface area (Å²) in [7, 11) is 0. The van der Waals surface area contributed by atoms with E-state index in [9.17, 15) is 9.90 Å². The molecule has 5 atom stereocenters. The maximum absolute atomic E-state index is 12.3. The monoisotopic (exact) mass is 300 g/mol. The molecule has 118 valence electrons. The van der Waals surface area contributed by atoms with Gasteiger partial charge in [-0.3, -0.25) is 0 Å². The highest BCUT2D eigenvalue weighted by molar-refractivity contribution is 5.75. The normalized spacial score (nSPS) is 35.8. The van der Waals surface area contributed by atoms with Crippen LogP contribution < -0.4 is 10.6 Å². The largest absolute Gasteiger partial charge is 0.396 e. The number of hydrogen-bond donors (Lipinski definition) is 3. The maximum Gasteiger partial charge on any atom is 0.315 e. The SMILES string of the molecule is O=C(NC1C2C3CCC(C3)C12)N[C@H](CCO)c1ccccc1. The van der Waals surface area contributed by atoms with Crippen LogP contribution in [-0.4, -0.2) is 23.8 Å². The summed E-state index contributed by atoms with van der Waals surface area (Å²) in [6.45, 7) is 0.0681. The Labute approximate surface area is 131 Å². The number of carbonyl (C=O) groups is 1. The lowest BCUT2D eigenvalue weighted by Gasteiger charge is -2.19. The molecule has 1 aromatic carbocycles. The third-order valence-corrected chi connectivity index (χ3v) is 5.96. The number of aliphatic hydroxyl groups excluding tert-OH is 1. The van der Waals surface area contributed by atoms with Gasteiger partial charge in [-0.25, -0.2) is 4.79 Å². The molecule has 4 nitrogen and oxygen atoms in total. The molecule has 0 radical (unpaired) electrons. The van der Waals surface area contributed by atoms with Crippen molar-refractivity contribution in [2.24, 2.45) is 23.7 Å². The number of benzene rings is 1. The number of aliphatic hydroxyl groups is 1. The van der Waals surface area contributed by atoms with E-state index >= 15 is 0 Å². The molecule has 0 aliphatic heterocycles. The van der Waals surface area contributed by atoms with Crippen molar-refractivity contribution in [2.45, 2.75) is 37.8 Å². The van der Waals surface area contributed by atoms with Gasteiger partial charge in [-0.2, -0.15) is 0 Å². The lowest BCUT2D eigenvalue weighted by molar-refractivity contribution is 0.227. The van der Waals surface area contributed by atoms with E-state index in [0.29, 0.717) is 12.5 Å². The summed E-state index contributed by atoms with van der Waals surface area (Å²) >= 11 is 0. The molecule has 3 saturated carbocycles. The Balaban J connectivity index is 1.35. The van der Waals surface area contributed by atoms with Crippen molar-refractivity contribution in [3.63, 3.8) is 0 Å². The second-order valence-electron chi connectivity index (χ2n) is 7.11. The lowest BCUT2D eigenvalue weighted by atomic mass is 10.0. The van der Waals surface area contributed by atoms with E-state index < -0.39 is 0 Å².